The summed E-state index contributed by atoms with van der Waals surface area (Å²) in [5.74, 6) is 0. The first kappa shape index (κ1) is 9.90. The Labute approximate surface area is 91.7 Å². The van der Waals surface area contributed by atoms with Gasteiger partial charge in [-0.3, -0.25) is 0 Å². The molecule has 0 saturated heterocycles. The number of aryl methyl sites for hydroxylation is 1. The highest BCUT2D eigenvalue weighted by Gasteiger charge is 2.06. The molecule has 74 valence electrons. The van der Waals surface area contributed by atoms with E-state index < -0.39 is 0 Å². The maximum atomic E-state index is 6.22. The number of benzene rings is 1. The Balaban J connectivity index is 2.40. The molecule has 0 unspecified atom stereocenters. The number of thiazole rings is 1. The fourth-order valence-electron chi connectivity index (χ4n) is 1.43. The van der Waals surface area contributed by atoms with Crippen molar-refractivity contribution < 1.29 is 0 Å². The monoisotopic (exact) mass is 226 g/mol. The Bertz CT molecular complexity index is 439. The third-order valence-electron chi connectivity index (χ3n) is 2.17. The molecular weight excluding hydrogens is 216 g/mol. The van der Waals surface area contributed by atoms with Crippen molar-refractivity contribution in [2.45, 2.75) is 12.8 Å². The summed E-state index contributed by atoms with van der Waals surface area (Å²) >= 11 is 7.84. The van der Waals surface area contributed by atoms with Crippen LogP contribution in [-0.4, -0.2) is 11.5 Å². The Morgan fingerprint density at radius 1 is 1.43 bits per heavy atom. The van der Waals surface area contributed by atoms with E-state index in [4.69, 9.17) is 17.3 Å². The van der Waals surface area contributed by atoms with Gasteiger partial charge in [0.05, 0.1) is 15.2 Å². The minimum Gasteiger partial charge on any atom is -0.330 e. The first-order valence-electron chi connectivity index (χ1n) is 4.53. The number of hydrogen-bond donors (Lipinski definition) is 1. The van der Waals surface area contributed by atoms with Crippen LogP contribution in [0.1, 0.15) is 12.0 Å². The molecule has 0 aliphatic heterocycles. The highest BCUT2D eigenvalue weighted by molar-refractivity contribution is 7.16. The van der Waals surface area contributed by atoms with Gasteiger partial charge in [-0.1, -0.05) is 17.7 Å². The fourth-order valence-corrected chi connectivity index (χ4v) is 2.47. The summed E-state index contributed by atoms with van der Waals surface area (Å²) in [4.78, 5) is 4.24. The molecule has 0 spiro atoms. The van der Waals surface area contributed by atoms with Gasteiger partial charge in [0.2, 0.25) is 0 Å². The molecule has 1 aromatic heterocycles. The van der Waals surface area contributed by atoms with Gasteiger partial charge < -0.3 is 5.73 Å². The minimum atomic E-state index is 0.700. The van der Waals surface area contributed by atoms with Gasteiger partial charge in [0.25, 0.3) is 0 Å². The van der Waals surface area contributed by atoms with Crippen molar-refractivity contribution in [3.63, 3.8) is 0 Å². The third-order valence-corrected chi connectivity index (χ3v) is 3.39. The molecule has 0 fully saturated rings. The topological polar surface area (TPSA) is 38.9 Å². The molecule has 0 aliphatic carbocycles. The SMILES string of the molecule is NCCCc1ccc2scnc2c1Cl. The molecule has 14 heavy (non-hydrogen) atoms. The molecule has 1 aromatic carbocycles. The van der Waals surface area contributed by atoms with Crippen molar-refractivity contribution in [1.29, 1.82) is 0 Å². The van der Waals surface area contributed by atoms with Crippen LogP contribution in [0.15, 0.2) is 17.6 Å². The molecule has 4 heteroatoms. The zero-order chi connectivity index (χ0) is 9.97. The summed E-state index contributed by atoms with van der Waals surface area (Å²) in [7, 11) is 0. The van der Waals surface area contributed by atoms with Crippen LogP contribution in [0.25, 0.3) is 10.2 Å². The molecule has 0 saturated carbocycles. The Morgan fingerprint density at radius 2 is 2.29 bits per heavy atom. The third kappa shape index (κ3) is 1.75. The summed E-state index contributed by atoms with van der Waals surface area (Å²) in [5, 5.41) is 0.789. The minimum absolute atomic E-state index is 0.700. The molecule has 1 heterocycles. The number of rotatable bonds is 3. The molecule has 2 nitrogen and oxygen atoms in total. The molecule has 2 aromatic rings. The largest absolute Gasteiger partial charge is 0.330 e. The molecule has 0 radical (unpaired) electrons. The van der Waals surface area contributed by atoms with Crippen LogP contribution in [0.3, 0.4) is 0 Å². The van der Waals surface area contributed by atoms with Gasteiger partial charge in [0.1, 0.15) is 5.52 Å². The quantitative estimate of drug-likeness (QED) is 0.874. The van der Waals surface area contributed by atoms with Crippen LogP contribution in [0.2, 0.25) is 5.02 Å². The number of halogens is 1. The molecule has 0 aliphatic rings. The number of nitrogens with zero attached hydrogens (tertiary/aromatic N) is 1. The Kier molecular flexibility index (Phi) is 3.01. The van der Waals surface area contributed by atoms with Gasteiger partial charge in [0, 0.05) is 0 Å². The van der Waals surface area contributed by atoms with E-state index in [1.807, 2.05) is 5.51 Å². The van der Waals surface area contributed by atoms with E-state index in [0.717, 1.165) is 33.6 Å². The Morgan fingerprint density at radius 3 is 3.07 bits per heavy atom. The average molecular weight is 227 g/mol. The van der Waals surface area contributed by atoms with Gasteiger partial charge in [0.15, 0.2) is 0 Å². The van der Waals surface area contributed by atoms with E-state index in [9.17, 15) is 0 Å². The highest BCUT2D eigenvalue weighted by atomic mass is 35.5. The number of hydrogen-bond acceptors (Lipinski definition) is 3. The van der Waals surface area contributed by atoms with Crippen molar-refractivity contribution in [2.24, 2.45) is 5.73 Å². The van der Waals surface area contributed by atoms with Crippen molar-refractivity contribution in [3.05, 3.63) is 28.2 Å². The summed E-state index contributed by atoms with van der Waals surface area (Å²) in [6.07, 6.45) is 1.90. The lowest BCUT2D eigenvalue weighted by molar-refractivity contribution is 0.833. The fraction of sp³-hybridized carbons (Fsp3) is 0.300. The van der Waals surface area contributed by atoms with Crippen LogP contribution < -0.4 is 5.73 Å². The van der Waals surface area contributed by atoms with E-state index in [0.29, 0.717) is 6.54 Å². The van der Waals surface area contributed by atoms with Crippen molar-refractivity contribution in [2.75, 3.05) is 6.54 Å². The van der Waals surface area contributed by atoms with E-state index in [1.165, 1.54) is 0 Å². The summed E-state index contributed by atoms with van der Waals surface area (Å²) in [6.45, 7) is 0.700. The lowest BCUT2D eigenvalue weighted by Gasteiger charge is -2.03. The highest BCUT2D eigenvalue weighted by Crippen LogP contribution is 2.29. The summed E-state index contributed by atoms with van der Waals surface area (Å²) < 4.78 is 1.14. The van der Waals surface area contributed by atoms with E-state index in [-0.39, 0.29) is 0 Å². The predicted molar refractivity (Wildman–Crippen MR) is 62.0 cm³/mol. The maximum absolute atomic E-state index is 6.22. The first-order chi connectivity index (χ1) is 6.83. The van der Waals surface area contributed by atoms with Gasteiger partial charge >= 0.3 is 0 Å². The molecule has 2 rings (SSSR count). The van der Waals surface area contributed by atoms with E-state index in [2.05, 4.69) is 17.1 Å². The zero-order valence-corrected chi connectivity index (χ0v) is 9.24. The van der Waals surface area contributed by atoms with E-state index >= 15 is 0 Å². The van der Waals surface area contributed by atoms with Crippen LogP contribution in [0, 0.1) is 0 Å². The van der Waals surface area contributed by atoms with Crippen molar-refractivity contribution in [1.82, 2.24) is 4.98 Å². The molecular formula is C10H11ClN2S. The Hall–Kier alpha value is -0.640. The smallest absolute Gasteiger partial charge is 0.100 e. The van der Waals surface area contributed by atoms with Gasteiger partial charge in [-0.15, -0.1) is 11.3 Å². The van der Waals surface area contributed by atoms with Gasteiger partial charge in [-0.25, -0.2) is 4.98 Å². The molecule has 0 bridgehead atoms. The van der Waals surface area contributed by atoms with Crippen molar-refractivity contribution >= 4 is 33.2 Å². The summed E-state index contributed by atoms with van der Waals surface area (Å²) in [6, 6.07) is 4.14. The van der Waals surface area contributed by atoms with Crippen LogP contribution in [0.4, 0.5) is 0 Å². The van der Waals surface area contributed by atoms with Gasteiger partial charge in [-0.05, 0) is 31.0 Å². The lowest BCUT2D eigenvalue weighted by atomic mass is 10.1. The predicted octanol–water partition coefficient (Wildman–Crippen LogP) is 2.84. The lowest BCUT2D eigenvalue weighted by Crippen LogP contribution is -2.00. The van der Waals surface area contributed by atoms with Crippen molar-refractivity contribution in [3.8, 4) is 0 Å². The average Bonchev–Trinajstić information content (AvgIpc) is 2.66. The second kappa shape index (κ2) is 4.26. The van der Waals surface area contributed by atoms with Gasteiger partial charge in [-0.2, -0.15) is 0 Å². The second-order valence-corrected chi connectivity index (χ2v) is 4.39. The standard InChI is InChI=1S/C10H11ClN2S/c11-9-7(2-1-5-12)3-4-8-10(9)13-6-14-8/h3-4,6H,1-2,5,12H2. The maximum Gasteiger partial charge on any atom is 0.100 e. The summed E-state index contributed by atoms with van der Waals surface area (Å²) in [5.41, 5.74) is 9.36. The second-order valence-electron chi connectivity index (χ2n) is 3.13. The number of aromatic nitrogens is 1. The normalized spacial score (nSPS) is 11.0. The van der Waals surface area contributed by atoms with Crippen LogP contribution in [0.5, 0.6) is 0 Å². The molecule has 0 atom stereocenters. The van der Waals surface area contributed by atoms with Crippen LogP contribution >= 0.6 is 22.9 Å². The number of nitrogens with two attached hydrogens (primary N) is 1. The first-order valence-corrected chi connectivity index (χ1v) is 5.79. The number of fused-ring (bicyclic) bond motifs is 1. The van der Waals surface area contributed by atoms with Crippen LogP contribution in [-0.2, 0) is 6.42 Å². The van der Waals surface area contributed by atoms with E-state index in [1.54, 1.807) is 11.3 Å². The molecule has 0 amide bonds. The zero-order valence-electron chi connectivity index (χ0n) is 7.66. The molecule has 2 N–H and O–H groups in total.